The van der Waals surface area contributed by atoms with Crippen LogP contribution in [0.15, 0.2) is 24.3 Å². The Hall–Kier alpha value is -0.580. The van der Waals surface area contributed by atoms with Crippen molar-refractivity contribution in [2.45, 2.75) is 25.7 Å². The SMILES string of the molecule is O=C(COc1ccccc1I)C1CCCC1. The number of halogens is 1. The Bertz CT molecular complexity index is 370. The fourth-order valence-corrected chi connectivity index (χ4v) is 2.62. The maximum Gasteiger partial charge on any atom is 0.173 e. The van der Waals surface area contributed by atoms with Crippen LogP contribution in [-0.4, -0.2) is 12.4 Å². The van der Waals surface area contributed by atoms with E-state index in [1.807, 2.05) is 24.3 Å². The van der Waals surface area contributed by atoms with Crippen molar-refractivity contribution in [3.05, 3.63) is 27.8 Å². The monoisotopic (exact) mass is 330 g/mol. The van der Waals surface area contributed by atoms with Gasteiger partial charge in [0.2, 0.25) is 0 Å². The average Bonchev–Trinajstić information content (AvgIpc) is 2.81. The summed E-state index contributed by atoms with van der Waals surface area (Å²) < 4.78 is 6.61. The third-order valence-corrected chi connectivity index (χ3v) is 3.91. The van der Waals surface area contributed by atoms with Crippen molar-refractivity contribution in [1.82, 2.24) is 0 Å². The van der Waals surface area contributed by atoms with Gasteiger partial charge in [-0.25, -0.2) is 0 Å². The predicted octanol–water partition coefficient (Wildman–Crippen LogP) is 3.43. The minimum Gasteiger partial charge on any atom is -0.485 e. The zero-order valence-electron chi connectivity index (χ0n) is 9.12. The van der Waals surface area contributed by atoms with Gasteiger partial charge in [0.1, 0.15) is 12.4 Å². The van der Waals surface area contributed by atoms with Gasteiger partial charge >= 0.3 is 0 Å². The fraction of sp³-hybridized carbons (Fsp3) is 0.462. The van der Waals surface area contributed by atoms with Crippen molar-refractivity contribution in [3.63, 3.8) is 0 Å². The Morgan fingerprint density at radius 1 is 1.31 bits per heavy atom. The Labute approximate surface area is 110 Å². The molecule has 0 N–H and O–H groups in total. The molecule has 0 aromatic heterocycles. The maximum atomic E-state index is 11.8. The molecule has 0 spiro atoms. The Balaban J connectivity index is 1.87. The van der Waals surface area contributed by atoms with Crippen molar-refractivity contribution in [2.24, 2.45) is 5.92 Å². The second-order valence-corrected chi connectivity index (χ2v) is 5.33. The van der Waals surface area contributed by atoms with Crippen LogP contribution < -0.4 is 4.74 Å². The first-order valence-electron chi connectivity index (χ1n) is 5.67. The van der Waals surface area contributed by atoms with E-state index >= 15 is 0 Å². The molecule has 16 heavy (non-hydrogen) atoms. The Kier molecular flexibility index (Phi) is 4.21. The van der Waals surface area contributed by atoms with Gasteiger partial charge in [0.15, 0.2) is 5.78 Å². The molecule has 1 saturated carbocycles. The molecule has 3 heteroatoms. The largest absolute Gasteiger partial charge is 0.485 e. The number of ether oxygens (including phenoxy) is 1. The van der Waals surface area contributed by atoms with Gasteiger partial charge in [-0.15, -0.1) is 0 Å². The van der Waals surface area contributed by atoms with Crippen LogP contribution in [0.3, 0.4) is 0 Å². The van der Waals surface area contributed by atoms with Crippen LogP contribution in [0.25, 0.3) is 0 Å². The standard InChI is InChI=1S/C13H15IO2/c14-11-7-3-4-8-13(11)16-9-12(15)10-5-1-2-6-10/h3-4,7-8,10H,1-2,5-6,9H2. The van der Waals surface area contributed by atoms with Crippen molar-refractivity contribution < 1.29 is 9.53 Å². The van der Waals surface area contributed by atoms with Gasteiger partial charge in [0, 0.05) is 5.92 Å². The number of ketones is 1. The molecule has 1 aromatic rings. The van der Waals surface area contributed by atoms with E-state index in [2.05, 4.69) is 22.6 Å². The molecule has 0 unspecified atom stereocenters. The van der Waals surface area contributed by atoms with Crippen molar-refractivity contribution in [2.75, 3.05) is 6.61 Å². The molecule has 1 aliphatic rings. The number of para-hydroxylation sites is 1. The summed E-state index contributed by atoms with van der Waals surface area (Å²) in [4.78, 5) is 11.8. The highest BCUT2D eigenvalue weighted by molar-refractivity contribution is 14.1. The summed E-state index contributed by atoms with van der Waals surface area (Å²) in [5.41, 5.74) is 0. The minimum absolute atomic E-state index is 0.227. The van der Waals surface area contributed by atoms with E-state index in [1.54, 1.807) is 0 Å². The molecule has 1 fully saturated rings. The Morgan fingerprint density at radius 3 is 2.69 bits per heavy atom. The first-order valence-corrected chi connectivity index (χ1v) is 6.75. The topological polar surface area (TPSA) is 26.3 Å². The predicted molar refractivity (Wildman–Crippen MR) is 71.6 cm³/mol. The molecule has 2 nitrogen and oxygen atoms in total. The molecule has 0 bridgehead atoms. The van der Waals surface area contributed by atoms with Gasteiger partial charge in [-0.3, -0.25) is 4.79 Å². The number of rotatable bonds is 4. The summed E-state index contributed by atoms with van der Waals surface area (Å²) >= 11 is 2.22. The number of benzene rings is 1. The lowest BCUT2D eigenvalue weighted by Crippen LogP contribution is -2.19. The third-order valence-electron chi connectivity index (χ3n) is 3.02. The van der Waals surface area contributed by atoms with Gasteiger partial charge < -0.3 is 4.74 Å². The summed E-state index contributed by atoms with van der Waals surface area (Å²) in [5.74, 6) is 1.33. The van der Waals surface area contributed by atoms with Crippen molar-refractivity contribution >= 4 is 28.4 Å². The molecule has 1 aliphatic carbocycles. The molecule has 1 aromatic carbocycles. The number of carbonyl (C=O) groups is 1. The Morgan fingerprint density at radius 2 is 2.00 bits per heavy atom. The summed E-state index contributed by atoms with van der Waals surface area (Å²) in [7, 11) is 0. The zero-order chi connectivity index (χ0) is 11.4. The highest BCUT2D eigenvalue weighted by Gasteiger charge is 2.22. The van der Waals surface area contributed by atoms with E-state index in [-0.39, 0.29) is 18.3 Å². The van der Waals surface area contributed by atoms with Crippen molar-refractivity contribution in [3.8, 4) is 5.75 Å². The molecule has 0 atom stereocenters. The molecular formula is C13H15IO2. The first kappa shape index (κ1) is 11.9. The lowest BCUT2D eigenvalue weighted by molar-refractivity contribution is -0.124. The molecular weight excluding hydrogens is 315 g/mol. The second kappa shape index (κ2) is 5.66. The summed E-state index contributed by atoms with van der Waals surface area (Å²) in [6, 6.07) is 7.78. The van der Waals surface area contributed by atoms with E-state index in [1.165, 1.54) is 12.8 Å². The molecule has 86 valence electrons. The summed E-state index contributed by atoms with van der Waals surface area (Å²) in [6.07, 6.45) is 4.49. The van der Waals surface area contributed by atoms with Crippen LogP contribution >= 0.6 is 22.6 Å². The smallest absolute Gasteiger partial charge is 0.173 e. The number of carbonyl (C=O) groups excluding carboxylic acids is 1. The molecule has 0 amide bonds. The fourth-order valence-electron chi connectivity index (χ4n) is 2.08. The zero-order valence-corrected chi connectivity index (χ0v) is 11.3. The van der Waals surface area contributed by atoms with E-state index in [0.717, 1.165) is 22.2 Å². The van der Waals surface area contributed by atoms with Crippen LogP contribution in [0, 0.1) is 9.49 Å². The number of Topliss-reactive ketones (excluding diaryl/α,β-unsaturated/α-hetero) is 1. The van der Waals surface area contributed by atoms with Gasteiger partial charge in [-0.2, -0.15) is 0 Å². The molecule has 0 heterocycles. The molecule has 0 radical (unpaired) electrons. The molecule has 0 aliphatic heterocycles. The van der Waals surface area contributed by atoms with Gasteiger partial charge in [0.25, 0.3) is 0 Å². The van der Waals surface area contributed by atoms with E-state index < -0.39 is 0 Å². The maximum absolute atomic E-state index is 11.8. The van der Waals surface area contributed by atoms with Crippen LogP contribution in [-0.2, 0) is 4.79 Å². The first-order chi connectivity index (χ1) is 7.77. The minimum atomic E-state index is 0.227. The van der Waals surface area contributed by atoms with E-state index in [0.29, 0.717) is 0 Å². The summed E-state index contributed by atoms with van der Waals surface area (Å²) in [6.45, 7) is 0.227. The third kappa shape index (κ3) is 2.97. The normalized spacial score (nSPS) is 16.3. The van der Waals surface area contributed by atoms with Gasteiger partial charge in [0.05, 0.1) is 3.57 Å². The quantitative estimate of drug-likeness (QED) is 0.791. The van der Waals surface area contributed by atoms with Crippen LogP contribution in [0.2, 0.25) is 0 Å². The van der Waals surface area contributed by atoms with Crippen LogP contribution in [0.5, 0.6) is 5.75 Å². The van der Waals surface area contributed by atoms with Crippen LogP contribution in [0.4, 0.5) is 0 Å². The lowest BCUT2D eigenvalue weighted by Gasteiger charge is -2.10. The second-order valence-electron chi connectivity index (χ2n) is 4.17. The highest BCUT2D eigenvalue weighted by Crippen LogP contribution is 2.26. The molecule has 2 rings (SSSR count). The highest BCUT2D eigenvalue weighted by atomic mass is 127. The number of hydrogen-bond acceptors (Lipinski definition) is 2. The average molecular weight is 330 g/mol. The van der Waals surface area contributed by atoms with Crippen LogP contribution in [0.1, 0.15) is 25.7 Å². The van der Waals surface area contributed by atoms with Crippen molar-refractivity contribution in [1.29, 1.82) is 0 Å². The van der Waals surface area contributed by atoms with Gasteiger partial charge in [-0.05, 0) is 47.6 Å². The number of hydrogen-bond donors (Lipinski definition) is 0. The lowest BCUT2D eigenvalue weighted by atomic mass is 10.0. The van der Waals surface area contributed by atoms with E-state index in [4.69, 9.17) is 4.74 Å². The van der Waals surface area contributed by atoms with Gasteiger partial charge in [-0.1, -0.05) is 25.0 Å². The molecule has 0 saturated heterocycles. The summed E-state index contributed by atoms with van der Waals surface area (Å²) in [5, 5.41) is 0. The van der Waals surface area contributed by atoms with E-state index in [9.17, 15) is 4.79 Å².